The molecule has 1 amide bonds. The van der Waals surface area contributed by atoms with Crippen LogP contribution in [0, 0.1) is 0 Å². The van der Waals surface area contributed by atoms with Gasteiger partial charge in [-0.2, -0.15) is 0 Å². The summed E-state index contributed by atoms with van der Waals surface area (Å²) < 4.78 is 11.0. The summed E-state index contributed by atoms with van der Waals surface area (Å²) in [6.07, 6.45) is 1.59. The SMILES string of the molecule is COC(=O)CCC(C(N)=O)N1Cc2cccc(OCc3ccc(CN4CCc5ccccc5C4)cc3)c2C1. The summed E-state index contributed by atoms with van der Waals surface area (Å²) in [5.74, 6) is 0.0412. The first-order valence-corrected chi connectivity index (χ1v) is 13.2. The molecule has 1 unspecified atom stereocenters. The van der Waals surface area contributed by atoms with E-state index in [0.717, 1.165) is 48.5 Å². The zero-order chi connectivity index (χ0) is 26.5. The van der Waals surface area contributed by atoms with Gasteiger partial charge in [0.25, 0.3) is 0 Å². The van der Waals surface area contributed by atoms with Crippen LogP contribution in [0.1, 0.15) is 46.2 Å². The summed E-state index contributed by atoms with van der Waals surface area (Å²) in [5, 5.41) is 0. The number of ether oxygens (including phenoxy) is 2. The minimum Gasteiger partial charge on any atom is -0.489 e. The average Bonchev–Trinajstić information content (AvgIpc) is 3.37. The summed E-state index contributed by atoms with van der Waals surface area (Å²) in [6.45, 7) is 4.63. The van der Waals surface area contributed by atoms with E-state index in [0.29, 0.717) is 26.1 Å². The molecule has 38 heavy (non-hydrogen) atoms. The molecule has 3 aromatic rings. The molecule has 1 atom stereocenters. The third kappa shape index (κ3) is 6.06. The number of methoxy groups -OCH3 is 1. The smallest absolute Gasteiger partial charge is 0.305 e. The first kappa shape index (κ1) is 25.9. The van der Waals surface area contributed by atoms with Crippen molar-refractivity contribution in [1.29, 1.82) is 0 Å². The maximum Gasteiger partial charge on any atom is 0.305 e. The third-order valence-electron chi connectivity index (χ3n) is 7.62. The Bertz CT molecular complexity index is 1290. The predicted octanol–water partition coefficient (Wildman–Crippen LogP) is 3.95. The Morgan fingerprint density at radius 3 is 2.39 bits per heavy atom. The highest BCUT2D eigenvalue weighted by Gasteiger charge is 2.31. The van der Waals surface area contributed by atoms with Gasteiger partial charge < -0.3 is 15.2 Å². The number of fused-ring (bicyclic) bond motifs is 2. The molecule has 5 rings (SSSR count). The molecule has 0 saturated heterocycles. The van der Waals surface area contributed by atoms with Crippen LogP contribution in [0.15, 0.2) is 66.7 Å². The Balaban J connectivity index is 1.17. The average molecular weight is 514 g/mol. The zero-order valence-electron chi connectivity index (χ0n) is 21.9. The lowest BCUT2D eigenvalue weighted by molar-refractivity contribution is -0.141. The summed E-state index contributed by atoms with van der Waals surface area (Å²) >= 11 is 0. The van der Waals surface area contributed by atoms with Crippen molar-refractivity contribution < 1.29 is 19.1 Å². The van der Waals surface area contributed by atoms with Gasteiger partial charge >= 0.3 is 5.97 Å². The quantitative estimate of drug-likeness (QED) is 0.414. The Morgan fingerprint density at radius 1 is 0.895 bits per heavy atom. The van der Waals surface area contributed by atoms with Gasteiger partial charge in [-0.1, -0.05) is 60.7 Å². The zero-order valence-corrected chi connectivity index (χ0v) is 21.9. The van der Waals surface area contributed by atoms with Crippen LogP contribution in [0.4, 0.5) is 0 Å². The molecule has 0 bridgehead atoms. The predicted molar refractivity (Wildman–Crippen MR) is 145 cm³/mol. The van der Waals surface area contributed by atoms with Gasteiger partial charge in [-0.3, -0.25) is 19.4 Å². The summed E-state index contributed by atoms with van der Waals surface area (Å²) in [7, 11) is 1.35. The molecule has 7 nitrogen and oxygen atoms in total. The van der Waals surface area contributed by atoms with E-state index in [1.807, 2.05) is 23.1 Å². The summed E-state index contributed by atoms with van der Waals surface area (Å²) in [5.41, 5.74) is 13.2. The molecular weight excluding hydrogens is 478 g/mol. The van der Waals surface area contributed by atoms with Crippen LogP contribution in [0.2, 0.25) is 0 Å². The first-order valence-electron chi connectivity index (χ1n) is 13.2. The number of hydrogen-bond donors (Lipinski definition) is 1. The van der Waals surface area contributed by atoms with Crippen LogP contribution in [-0.4, -0.2) is 41.4 Å². The molecule has 0 aliphatic carbocycles. The van der Waals surface area contributed by atoms with E-state index < -0.39 is 11.9 Å². The lowest BCUT2D eigenvalue weighted by Gasteiger charge is -2.28. The number of carbonyl (C=O) groups is 2. The van der Waals surface area contributed by atoms with E-state index in [1.165, 1.54) is 23.8 Å². The Labute approximate surface area is 224 Å². The molecule has 7 heteroatoms. The number of hydrogen-bond acceptors (Lipinski definition) is 6. The molecule has 2 aliphatic rings. The normalized spacial score (nSPS) is 15.9. The number of esters is 1. The minimum atomic E-state index is -0.532. The van der Waals surface area contributed by atoms with Crippen LogP contribution in [0.5, 0.6) is 5.75 Å². The van der Waals surface area contributed by atoms with Crippen molar-refractivity contribution in [3.8, 4) is 5.75 Å². The number of benzene rings is 3. The molecule has 0 fully saturated rings. The Kier molecular flexibility index (Phi) is 8.05. The van der Waals surface area contributed by atoms with Crippen LogP contribution in [0.25, 0.3) is 0 Å². The third-order valence-corrected chi connectivity index (χ3v) is 7.62. The first-order chi connectivity index (χ1) is 18.5. The van der Waals surface area contributed by atoms with Gasteiger partial charge in [0.15, 0.2) is 0 Å². The number of nitrogens with zero attached hydrogens (tertiary/aromatic N) is 2. The van der Waals surface area contributed by atoms with E-state index in [9.17, 15) is 9.59 Å². The molecule has 0 saturated carbocycles. The van der Waals surface area contributed by atoms with Crippen molar-refractivity contribution in [1.82, 2.24) is 9.80 Å². The fraction of sp³-hybridized carbons (Fsp3) is 0.355. The molecule has 0 spiro atoms. The highest BCUT2D eigenvalue weighted by molar-refractivity contribution is 5.81. The van der Waals surface area contributed by atoms with Gasteiger partial charge in [0.1, 0.15) is 12.4 Å². The van der Waals surface area contributed by atoms with Crippen molar-refractivity contribution in [3.63, 3.8) is 0 Å². The highest BCUT2D eigenvalue weighted by atomic mass is 16.5. The fourth-order valence-corrected chi connectivity index (χ4v) is 5.48. The summed E-state index contributed by atoms with van der Waals surface area (Å²) in [6, 6.07) is 22.8. The molecule has 2 N–H and O–H groups in total. The van der Waals surface area contributed by atoms with Crippen molar-refractivity contribution >= 4 is 11.9 Å². The molecule has 3 aromatic carbocycles. The topological polar surface area (TPSA) is 85.1 Å². The largest absolute Gasteiger partial charge is 0.489 e. The van der Waals surface area contributed by atoms with Gasteiger partial charge in [0.05, 0.1) is 13.2 Å². The van der Waals surface area contributed by atoms with Gasteiger partial charge in [-0.15, -0.1) is 0 Å². The monoisotopic (exact) mass is 513 g/mol. The van der Waals surface area contributed by atoms with E-state index in [4.69, 9.17) is 15.2 Å². The van der Waals surface area contributed by atoms with Crippen molar-refractivity contribution in [2.75, 3.05) is 13.7 Å². The van der Waals surface area contributed by atoms with Crippen molar-refractivity contribution in [2.45, 2.75) is 58.1 Å². The second-order valence-electron chi connectivity index (χ2n) is 10.2. The van der Waals surface area contributed by atoms with E-state index in [2.05, 4.69) is 53.4 Å². The van der Waals surface area contributed by atoms with Crippen molar-refractivity contribution in [3.05, 3.63) is 100 Å². The standard InChI is InChI=1S/C31H35N3O4/c1-37-30(35)14-13-28(31(32)36)34-19-26-7-4-8-29(27(26)20-34)38-21-23-11-9-22(10-12-23)17-33-16-15-24-5-2-3-6-25(24)18-33/h2-12,28H,13-21H2,1H3,(H2,32,36). The lowest BCUT2D eigenvalue weighted by Crippen LogP contribution is -2.42. The highest BCUT2D eigenvalue weighted by Crippen LogP contribution is 2.33. The second-order valence-corrected chi connectivity index (χ2v) is 10.2. The van der Waals surface area contributed by atoms with E-state index in [1.54, 1.807) is 0 Å². The second kappa shape index (κ2) is 11.8. The van der Waals surface area contributed by atoms with Gasteiger partial charge in [-0.25, -0.2) is 0 Å². The molecular formula is C31H35N3O4. The Morgan fingerprint density at radius 2 is 1.63 bits per heavy atom. The Hall–Kier alpha value is -3.68. The van der Waals surface area contributed by atoms with Crippen LogP contribution in [-0.2, 0) is 53.5 Å². The molecule has 0 radical (unpaired) electrons. The number of primary amides is 1. The molecule has 0 aromatic heterocycles. The maximum absolute atomic E-state index is 12.1. The van der Waals surface area contributed by atoms with Gasteiger partial charge in [-0.05, 0) is 46.7 Å². The molecule has 198 valence electrons. The van der Waals surface area contributed by atoms with Gasteiger partial charge in [0.2, 0.25) is 5.91 Å². The van der Waals surface area contributed by atoms with Gasteiger partial charge in [0, 0.05) is 44.7 Å². The summed E-state index contributed by atoms with van der Waals surface area (Å²) in [4.78, 5) is 28.2. The van der Waals surface area contributed by atoms with E-state index in [-0.39, 0.29) is 12.4 Å². The van der Waals surface area contributed by atoms with Crippen LogP contribution in [0.3, 0.4) is 0 Å². The maximum atomic E-state index is 12.1. The fourth-order valence-electron chi connectivity index (χ4n) is 5.48. The number of amides is 1. The minimum absolute atomic E-state index is 0.154. The number of carbonyl (C=O) groups excluding carboxylic acids is 2. The van der Waals surface area contributed by atoms with Crippen molar-refractivity contribution in [2.24, 2.45) is 5.73 Å². The van der Waals surface area contributed by atoms with E-state index >= 15 is 0 Å². The number of rotatable bonds is 10. The lowest BCUT2D eigenvalue weighted by atomic mass is 9.99. The number of nitrogens with two attached hydrogens (primary N) is 1. The molecule has 2 aliphatic heterocycles. The molecule has 2 heterocycles. The van der Waals surface area contributed by atoms with Crippen LogP contribution >= 0.6 is 0 Å². The van der Waals surface area contributed by atoms with Crippen LogP contribution < -0.4 is 10.5 Å².